The van der Waals surface area contributed by atoms with Crippen molar-refractivity contribution < 1.29 is 9.59 Å². The molecule has 1 fully saturated rings. The minimum absolute atomic E-state index is 0.166. The predicted octanol–water partition coefficient (Wildman–Crippen LogP) is 4.35. The first-order chi connectivity index (χ1) is 14.6. The molecule has 8 heteroatoms. The Hall–Kier alpha value is -2.71. The standard InChI is InChI=1S/C22H24N4O2S2/c1-15-25-19(14-29-15)20-8-7-18(30-20)9-10-23-22(28)24-13-16-4-2-5-17(12-16)26-11-3-6-21(26)27/h2,4-5,7-8,12,14H,3,6,9-11,13H2,1H3,(H2,23,24,28). The fourth-order valence-corrected chi connectivity index (χ4v) is 5.08. The highest BCUT2D eigenvalue weighted by Gasteiger charge is 2.21. The van der Waals surface area contributed by atoms with Crippen LogP contribution < -0.4 is 15.5 Å². The van der Waals surface area contributed by atoms with Crippen LogP contribution in [0.3, 0.4) is 0 Å². The molecule has 3 heterocycles. The minimum atomic E-state index is -0.190. The summed E-state index contributed by atoms with van der Waals surface area (Å²) >= 11 is 3.37. The molecule has 0 spiro atoms. The average molecular weight is 441 g/mol. The van der Waals surface area contributed by atoms with Crippen molar-refractivity contribution in [2.75, 3.05) is 18.0 Å². The van der Waals surface area contributed by atoms with Gasteiger partial charge in [-0.25, -0.2) is 9.78 Å². The van der Waals surface area contributed by atoms with E-state index in [0.717, 1.165) is 46.2 Å². The number of amides is 3. The van der Waals surface area contributed by atoms with Gasteiger partial charge in [0.15, 0.2) is 0 Å². The van der Waals surface area contributed by atoms with Crippen molar-refractivity contribution in [3.63, 3.8) is 0 Å². The van der Waals surface area contributed by atoms with Gasteiger partial charge in [-0.05, 0) is 49.6 Å². The number of aryl methyl sites for hydroxylation is 1. The number of thiazole rings is 1. The molecule has 0 atom stereocenters. The van der Waals surface area contributed by atoms with Gasteiger partial charge in [0.1, 0.15) is 0 Å². The lowest BCUT2D eigenvalue weighted by Gasteiger charge is -2.16. The lowest BCUT2D eigenvalue weighted by Crippen LogP contribution is -2.36. The van der Waals surface area contributed by atoms with Gasteiger partial charge in [0.25, 0.3) is 0 Å². The van der Waals surface area contributed by atoms with E-state index in [-0.39, 0.29) is 11.9 Å². The second kappa shape index (κ2) is 9.40. The Labute approximate surface area is 184 Å². The van der Waals surface area contributed by atoms with Crippen LogP contribution in [0.2, 0.25) is 0 Å². The number of nitrogens with zero attached hydrogens (tertiary/aromatic N) is 2. The first-order valence-corrected chi connectivity index (χ1v) is 11.7. The Kier molecular flexibility index (Phi) is 6.44. The molecular formula is C22H24N4O2S2. The molecule has 0 bridgehead atoms. The molecule has 0 aliphatic carbocycles. The highest BCUT2D eigenvalue weighted by atomic mass is 32.1. The topological polar surface area (TPSA) is 74.3 Å². The molecule has 4 rings (SSSR count). The molecule has 6 nitrogen and oxygen atoms in total. The van der Waals surface area contributed by atoms with Crippen LogP contribution in [0.4, 0.5) is 10.5 Å². The van der Waals surface area contributed by atoms with Crippen molar-refractivity contribution in [3.8, 4) is 10.6 Å². The van der Waals surface area contributed by atoms with E-state index in [1.807, 2.05) is 36.1 Å². The van der Waals surface area contributed by atoms with E-state index < -0.39 is 0 Å². The number of urea groups is 1. The highest BCUT2D eigenvalue weighted by molar-refractivity contribution is 7.16. The molecule has 3 amide bonds. The molecule has 2 N–H and O–H groups in total. The molecule has 3 aromatic rings. The molecule has 0 saturated carbocycles. The molecule has 1 aliphatic rings. The lowest BCUT2D eigenvalue weighted by atomic mass is 10.2. The summed E-state index contributed by atoms with van der Waals surface area (Å²) in [5.74, 6) is 0.166. The van der Waals surface area contributed by atoms with Crippen molar-refractivity contribution in [2.24, 2.45) is 0 Å². The number of aromatic nitrogens is 1. The fraction of sp³-hybridized carbons (Fsp3) is 0.318. The first kappa shape index (κ1) is 20.6. The number of hydrogen-bond acceptors (Lipinski definition) is 5. The third-order valence-electron chi connectivity index (χ3n) is 4.94. The SMILES string of the molecule is Cc1nc(-c2ccc(CCNC(=O)NCc3cccc(N4CCCC4=O)c3)s2)cs1. The van der Waals surface area contributed by atoms with E-state index in [1.165, 1.54) is 4.88 Å². The number of thiophene rings is 1. The van der Waals surface area contributed by atoms with Crippen molar-refractivity contribution in [1.82, 2.24) is 15.6 Å². The van der Waals surface area contributed by atoms with Crippen LogP contribution in [0.5, 0.6) is 0 Å². The van der Waals surface area contributed by atoms with E-state index in [4.69, 9.17) is 0 Å². The molecule has 30 heavy (non-hydrogen) atoms. The number of hydrogen-bond donors (Lipinski definition) is 2. The summed E-state index contributed by atoms with van der Waals surface area (Å²) in [6.45, 7) is 3.77. The van der Waals surface area contributed by atoms with Crippen molar-refractivity contribution in [1.29, 1.82) is 0 Å². The summed E-state index contributed by atoms with van der Waals surface area (Å²) in [5.41, 5.74) is 2.90. The molecule has 2 aromatic heterocycles. The van der Waals surface area contributed by atoms with Crippen molar-refractivity contribution in [2.45, 2.75) is 32.7 Å². The Morgan fingerprint density at radius 2 is 2.13 bits per heavy atom. The summed E-state index contributed by atoms with van der Waals surface area (Å²) < 4.78 is 0. The van der Waals surface area contributed by atoms with Gasteiger partial charge in [0.2, 0.25) is 5.91 Å². The van der Waals surface area contributed by atoms with Gasteiger partial charge in [0, 0.05) is 42.0 Å². The molecule has 0 unspecified atom stereocenters. The third kappa shape index (κ3) is 5.06. The monoisotopic (exact) mass is 440 g/mol. The maximum atomic E-state index is 12.1. The van der Waals surface area contributed by atoms with Crippen LogP contribution in [0.15, 0.2) is 41.8 Å². The zero-order chi connectivity index (χ0) is 20.9. The zero-order valence-corrected chi connectivity index (χ0v) is 18.4. The number of anilines is 1. The Morgan fingerprint density at radius 3 is 2.90 bits per heavy atom. The van der Waals surface area contributed by atoms with Gasteiger partial charge in [-0.15, -0.1) is 22.7 Å². The summed E-state index contributed by atoms with van der Waals surface area (Å²) in [6.07, 6.45) is 2.30. The van der Waals surface area contributed by atoms with Gasteiger partial charge < -0.3 is 15.5 Å². The van der Waals surface area contributed by atoms with Gasteiger partial charge in [-0.1, -0.05) is 12.1 Å². The van der Waals surface area contributed by atoms with Crippen LogP contribution in [-0.2, 0) is 17.8 Å². The van der Waals surface area contributed by atoms with E-state index in [0.29, 0.717) is 19.5 Å². The van der Waals surface area contributed by atoms with Gasteiger partial charge in [0.05, 0.1) is 15.6 Å². The smallest absolute Gasteiger partial charge is 0.315 e. The maximum Gasteiger partial charge on any atom is 0.315 e. The van der Waals surface area contributed by atoms with E-state index in [2.05, 4.69) is 33.1 Å². The van der Waals surface area contributed by atoms with Crippen molar-refractivity contribution >= 4 is 40.3 Å². The summed E-state index contributed by atoms with van der Waals surface area (Å²) in [5, 5.41) is 8.94. The normalized spacial score (nSPS) is 13.6. The number of carbonyl (C=O) groups is 2. The maximum absolute atomic E-state index is 12.1. The van der Waals surface area contributed by atoms with Crippen LogP contribution in [0, 0.1) is 6.92 Å². The van der Waals surface area contributed by atoms with E-state index in [1.54, 1.807) is 22.7 Å². The summed E-state index contributed by atoms with van der Waals surface area (Å²) in [6, 6.07) is 11.8. The second-order valence-corrected chi connectivity index (χ2v) is 9.43. The predicted molar refractivity (Wildman–Crippen MR) is 122 cm³/mol. The average Bonchev–Trinajstić information content (AvgIpc) is 3.48. The third-order valence-corrected chi connectivity index (χ3v) is 6.88. The minimum Gasteiger partial charge on any atom is -0.338 e. The van der Waals surface area contributed by atoms with Crippen LogP contribution >= 0.6 is 22.7 Å². The number of benzene rings is 1. The van der Waals surface area contributed by atoms with E-state index >= 15 is 0 Å². The summed E-state index contributed by atoms with van der Waals surface area (Å²) in [4.78, 5) is 32.8. The van der Waals surface area contributed by atoms with Crippen LogP contribution in [-0.4, -0.2) is 30.0 Å². The van der Waals surface area contributed by atoms with Crippen LogP contribution in [0.1, 0.15) is 28.3 Å². The second-order valence-electron chi connectivity index (χ2n) is 7.20. The largest absolute Gasteiger partial charge is 0.338 e. The number of rotatable bonds is 7. The number of carbonyl (C=O) groups excluding carboxylic acids is 2. The molecule has 1 saturated heterocycles. The zero-order valence-electron chi connectivity index (χ0n) is 16.8. The molecule has 0 radical (unpaired) electrons. The van der Waals surface area contributed by atoms with Crippen LogP contribution in [0.25, 0.3) is 10.6 Å². The summed E-state index contributed by atoms with van der Waals surface area (Å²) in [7, 11) is 0. The lowest BCUT2D eigenvalue weighted by molar-refractivity contribution is -0.117. The molecule has 1 aromatic carbocycles. The van der Waals surface area contributed by atoms with Gasteiger partial charge >= 0.3 is 6.03 Å². The molecule has 156 valence electrons. The Bertz CT molecular complexity index is 1040. The number of nitrogens with one attached hydrogen (secondary N) is 2. The van der Waals surface area contributed by atoms with Crippen molar-refractivity contribution in [3.05, 3.63) is 57.2 Å². The van der Waals surface area contributed by atoms with Gasteiger partial charge in [-0.3, -0.25) is 4.79 Å². The Morgan fingerprint density at radius 1 is 1.23 bits per heavy atom. The highest BCUT2D eigenvalue weighted by Crippen LogP contribution is 2.29. The fourth-order valence-electron chi connectivity index (χ4n) is 3.43. The molecular weight excluding hydrogens is 416 g/mol. The quantitative estimate of drug-likeness (QED) is 0.574. The Balaban J connectivity index is 1.22. The van der Waals surface area contributed by atoms with E-state index in [9.17, 15) is 9.59 Å². The first-order valence-electron chi connectivity index (χ1n) is 10.0. The molecule has 1 aliphatic heterocycles. The van der Waals surface area contributed by atoms with Gasteiger partial charge in [-0.2, -0.15) is 0 Å².